The van der Waals surface area contributed by atoms with E-state index in [1.54, 1.807) is 4.68 Å². The summed E-state index contributed by atoms with van der Waals surface area (Å²) in [6.07, 6.45) is 7.05. The van der Waals surface area contributed by atoms with Gasteiger partial charge in [0, 0.05) is 38.0 Å². The Bertz CT molecular complexity index is 647. The van der Waals surface area contributed by atoms with E-state index in [-0.39, 0.29) is 0 Å². The highest BCUT2D eigenvalue weighted by Gasteiger charge is 2.16. The summed E-state index contributed by atoms with van der Waals surface area (Å²) in [6.45, 7) is 3.40. The van der Waals surface area contributed by atoms with Crippen LogP contribution in [0.4, 0.5) is 0 Å². The van der Waals surface area contributed by atoms with Crippen molar-refractivity contribution in [2.45, 2.75) is 51.8 Å². The summed E-state index contributed by atoms with van der Waals surface area (Å²) in [6, 6.07) is 4.01. The van der Waals surface area contributed by atoms with Gasteiger partial charge < -0.3 is 10.1 Å². The van der Waals surface area contributed by atoms with Crippen molar-refractivity contribution in [1.29, 1.82) is 0 Å². The Morgan fingerprint density at radius 3 is 2.70 bits per heavy atom. The van der Waals surface area contributed by atoms with E-state index in [2.05, 4.69) is 21.5 Å². The standard InChI is InChI=1S/C17H23ClN4O/c1-12-15(17(18)22(2)21-12)11-19-9-13-7-8-16(20-10-13)23-14-5-3-4-6-14/h7-8,10,14,19H,3-6,9,11H2,1-2H3. The lowest BCUT2D eigenvalue weighted by atomic mass is 10.2. The third-order valence-electron chi connectivity index (χ3n) is 4.29. The summed E-state index contributed by atoms with van der Waals surface area (Å²) in [7, 11) is 1.85. The second-order valence-corrected chi connectivity index (χ2v) is 6.47. The van der Waals surface area contributed by atoms with Crippen molar-refractivity contribution >= 4 is 11.6 Å². The van der Waals surface area contributed by atoms with Crippen LogP contribution in [0.1, 0.15) is 42.5 Å². The zero-order valence-electron chi connectivity index (χ0n) is 13.7. The SMILES string of the molecule is Cc1nn(C)c(Cl)c1CNCc1ccc(OC2CCCC2)nc1. The first-order valence-electron chi connectivity index (χ1n) is 8.14. The van der Waals surface area contributed by atoms with Gasteiger partial charge in [-0.2, -0.15) is 5.10 Å². The molecule has 0 aliphatic heterocycles. The van der Waals surface area contributed by atoms with Crippen molar-refractivity contribution in [1.82, 2.24) is 20.1 Å². The maximum atomic E-state index is 6.23. The normalized spacial score (nSPS) is 15.3. The van der Waals surface area contributed by atoms with Crippen molar-refractivity contribution in [2.75, 3.05) is 0 Å². The smallest absolute Gasteiger partial charge is 0.213 e. The minimum atomic E-state index is 0.349. The van der Waals surface area contributed by atoms with Gasteiger partial charge in [0.15, 0.2) is 0 Å². The van der Waals surface area contributed by atoms with E-state index >= 15 is 0 Å². The van der Waals surface area contributed by atoms with Crippen molar-refractivity contribution in [3.8, 4) is 5.88 Å². The second-order valence-electron chi connectivity index (χ2n) is 6.11. The number of aromatic nitrogens is 3. The highest BCUT2D eigenvalue weighted by atomic mass is 35.5. The minimum absolute atomic E-state index is 0.349. The molecule has 0 amide bonds. The molecule has 2 aromatic rings. The van der Waals surface area contributed by atoms with Crippen LogP contribution in [0.5, 0.6) is 5.88 Å². The summed E-state index contributed by atoms with van der Waals surface area (Å²) < 4.78 is 7.58. The molecule has 1 aliphatic carbocycles. The summed E-state index contributed by atoms with van der Waals surface area (Å²) >= 11 is 6.23. The zero-order chi connectivity index (χ0) is 16.2. The molecule has 23 heavy (non-hydrogen) atoms. The van der Waals surface area contributed by atoms with Crippen LogP contribution >= 0.6 is 11.6 Å². The number of halogens is 1. The fourth-order valence-electron chi connectivity index (χ4n) is 2.97. The van der Waals surface area contributed by atoms with Crippen molar-refractivity contribution in [2.24, 2.45) is 7.05 Å². The predicted octanol–water partition coefficient (Wildman–Crippen LogP) is 3.39. The van der Waals surface area contributed by atoms with Gasteiger partial charge in [-0.15, -0.1) is 0 Å². The molecule has 0 radical (unpaired) electrons. The van der Waals surface area contributed by atoms with Crippen LogP contribution < -0.4 is 10.1 Å². The Hall–Kier alpha value is -1.59. The first-order chi connectivity index (χ1) is 11.1. The number of hydrogen-bond acceptors (Lipinski definition) is 4. The molecule has 1 N–H and O–H groups in total. The number of hydrogen-bond donors (Lipinski definition) is 1. The predicted molar refractivity (Wildman–Crippen MR) is 90.6 cm³/mol. The lowest BCUT2D eigenvalue weighted by Crippen LogP contribution is -2.14. The summed E-state index contributed by atoms with van der Waals surface area (Å²) in [5, 5.41) is 8.39. The van der Waals surface area contributed by atoms with Crippen molar-refractivity contribution < 1.29 is 4.74 Å². The minimum Gasteiger partial charge on any atom is -0.474 e. The molecule has 6 heteroatoms. The topological polar surface area (TPSA) is 52.0 Å². The molecule has 124 valence electrons. The lowest BCUT2D eigenvalue weighted by molar-refractivity contribution is 0.201. The van der Waals surface area contributed by atoms with Gasteiger partial charge in [-0.3, -0.25) is 4.68 Å². The van der Waals surface area contributed by atoms with Crippen LogP contribution in [0.25, 0.3) is 0 Å². The Kier molecular flexibility index (Phi) is 5.18. The second kappa shape index (κ2) is 7.32. The summed E-state index contributed by atoms with van der Waals surface area (Å²) in [4.78, 5) is 4.40. The first-order valence-corrected chi connectivity index (χ1v) is 8.51. The number of ether oxygens (including phenoxy) is 1. The molecular weight excluding hydrogens is 312 g/mol. The van der Waals surface area contributed by atoms with Crippen molar-refractivity contribution in [3.63, 3.8) is 0 Å². The molecule has 1 fully saturated rings. The molecule has 3 rings (SSSR count). The van der Waals surface area contributed by atoms with E-state index in [4.69, 9.17) is 16.3 Å². The quantitative estimate of drug-likeness (QED) is 0.879. The van der Waals surface area contributed by atoms with E-state index in [9.17, 15) is 0 Å². The van der Waals surface area contributed by atoms with Crippen LogP contribution in [0.15, 0.2) is 18.3 Å². The molecule has 0 saturated heterocycles. The van der Waals surface area contributed by atoms with Gasteiger partial charge in [0.1, 0.15) is 11.3 Å². The highest BCUT2D eigenvalue weighted by Crippen LogP contribution is 2.23. The van der Waals surface area contributed by atoms with Gasteiger partial charge in [-0.05, 0) is 38.2 Å². The fourth-order valence-corrected chi connectivity index (χ4v) is 3.21. The van der Waals surface area contributed by atoms with Gasteiger partial charge >= 0.3 is 0 Å². The van der Waals surface area contributed by atoms with Crippen LogP contribution in [0, 0.1) is 6.92 Å². The van der Waals surface area contributed by atoms with Crippen LogP contribution in [-0.4, -0.2) is 20.9 Å². The van der Waals surface area contributed by atoms with Crippen molar-refractivity contribution in [3.05, 3.63) is 40.3 Å². The molecule has 0 bridgehead atoms. The van der Waals surface area contributed by atoms with Crippen LogP contribution in [0.2, 0.25) is 5.15 Å². The number of rotatable bonds is 6. The van der Waals surface area contributed by atoms with E-state index in [0.29, 0.717) is 17.8 Å². The van der Waals surface area contributed by atoms with Gasteiger partial charge in [0.2, 0.25) is 5.88 Å². The number of pyridine rings is 1. The zero-order valence-corrected chi connectivity index (χ0v) is 14.4. The average molecular weight is 335 g/mol. The Labute approximate surface area is 142 Å². The highest BCUT2D eigenvalue weighted by molar-refractivity contribution is 6.30. The van der Waals surface area contributed by atoms with Gasteiger partial charge in [0.25, 0.3) is 0 Å². The first kappa shape index (κ1) is 16.3. The molecule has 0 spiro atoms. The van der Waals surface area contributed by atoms with E-state index in [1.807, 2.05) is 26.2 Å². The molecular formula is C17H23ClN4O. The molecule has 1 aliphatic rings. The van der Waals surface area contributed by atoms with E-state index < -0.39 is 0 Å². The number of aryl methyl sites for hydroxylation is 2. The summed E-state index contributed by atoms with van der Waals surface area (Å²) in [5.41, 5.74) is 3.13. The third-order valence-corrected chi connectivity index (χ3v) is 4.76. The number of nitrogens with one attached hydrogen (secondary N) is 1. The average Bonchev–Trinajstić information content (AvgIpc) is 3.12. The molecule has 1 saturated carbocycles. The molecule has 2 aromatic heterocycles. The largest absolute Gasteiger partial charge is 0.474 e. The summed E-state index contributed by atoms with van der Waals surface area (Å²) in [5.74, 6) is 0.729. The maximum absolute atomic E-state index is 6.23. The van der Waals surface area contributed by atoms with E-state index in [1.165, 1.54) is 12.8 Å². The molecule has 5 nitrogen and oxygen atoms in total. The van der Waals surface area contributed by atoms with Crippen LogP contribution in [0.3, 0.4) is 0 Å². The monoisotopic (exact) mass is 334 g/mol. The fraction of sp³-hybridized carbons (Fsp3) is 0.529. The van der Waals surface area contributed by atoms with Gasteiger partial charge in [0.05, 0.1) is 5.69 Å². The molecule has 0 aromatic carbocycles. The lowest BCUT2D eigenvalue weighted by Gasteiger charge is -2.12. The third kappa shape index (κ3) is 4.03. The van der Waals surface area contributed by atoms with Crippen LogP contribution in [-0.2, 0) is 20.1 Å². The molecule has 2 heterocycles. The molecule has 0 unspecified atom stereocenters. The van der Waals surface area contributed by atoms with Gasteiger partial charge in [-0.25, -0.2) is 4.98 Å². The molecule has 0 atom stereocenters. The Morgan fingerprint density at radius 1 is 1.30 bits per heavy atom. The Morgan fingerprint density at radius 2 is 2.09 bits per heavy atom. The Balaban J connectivity index is 1.50. The number of nitrogens with zero attached hydrogens (tertiary/aromatic N) is 3. The van der Waals surface area contributed by atoms with Gasteiger partial charge in [-0.1, -0.05) is 17.7 Å². The maximum Gasteiger partial charge on any atom is 0.213 e. The van der Waals surface area contributed by atoms with E-state index in [0.717, 1.165) is 42.1 Å².